The van der Waals surface area contributed by atoms with Crippen molar-refractivity contribution in [2.24, 2.45) is 0 Å². The van der Waals surface area contributed by atoms with E-state index in [1.165, 1.54) is 13.2 Å². The third-order valence-corrected chi connectivity index (χ3v) is 4.02. The molecule has 0 fully saturated rings. The van der Waals surface area contributed by atoms with E-state index in [9.17, 15) is 14.4 Å². The highest BCUT2D eigenvalue weighted by molar-refractivity contribution is 5.96. The van der Waals surface area contributed by atoms with Crippen molar-refractivity contribution in [2.45, 2.75) is 33.3 Å². The maximum atomic E-state index is 12.3. The van der Waals surface area contributed by atoms with E-state index in [0.717, 1.165) is 5.56 Å². The number of hydrogen-bond donors (Lipinski definition) is 3. The smallest absolute Gasteiger partial charge is 0.269 e. The van der Waals surface area contributed by atoms with E-state index in [0.29, 0.717) is 22.6 Å². The quantitative estimate of drug-likeness (QED) is 0.576. The minimum Gasteiger partial charge on any atom is -0.493 e. The zero-order valence-corrected chi connectivity index (χ0v) is 17.6. The molecule has 0 aliphatic heterocycles. The first kappa shape index (κ1) is 22.7. The van der Waals surface area contributed by atoms with Crippen LogP contribution in [0.5, 0.6) is 11.5 Å². The molecule has 0 heterocycles. The number of carbonyl (C=O) groups excluding carboxylic acids is 3. The number of amides is 3. The van der Waals surface area contributed by atoms with Crippen LogP contribution in [0.2, 0.25) is 0 Å². The van der Waals surface area contributed by atoms with Crippen molar-refractivity contribution in [3.63, 3.8) is 0 Å². The Hall–Kier alpha value is -3.55. The molecule has 2 aromatic rings. The molecule has 0 bridgehead atoms. The Bertz CT molecular complexity index is 911. The molecule has 0 spiro atoms. The van der Waals surface area contributed by atoms with Crippen LogP contribution in [0.25, 0.3) is 0 Å². The molecule has 0 aliphatic rings. The van der Waals surface area contributed by atoms with Crippen molar-refractivity contribution in [3.8, 4) is 11.5 Å². The van der Waals surface area contributed by atoms with Gasteiger partial charge in [0, 0.05) is 24.1 Å². The van der Waals surface area contributed by atoms with Crippen LogP contribution in [0.15, 0.2) is 42.5 Å². The van der Waals surface area contributed by atoms with E-state index < -0.39 is 11.8 Å². The van der Waals surface area contributed by atoms with Gasteiger partial charge in [0.2, 0.25) is 5.91 Å². The van der Waals surface area contributed by atoms with E-state index >= 15 is 0 Å². The molecule has 0 radical (unpaired) electrons. The average molecular weight is 413 g/mol. The Morgan fingerprint density at radius 2 is 1.67 bits per heavy atom. The Labute approximate surface area is 175 Å². The van der Waals surface area contributed by atoms with E-state index in [1.54, 1.807) is 30.3 Å². The van der Waals surface area contributed by atoms with E-state index in [1.807, 2.05) is 26.8 Å². The molecule has 8 nitrogen and oxygen atoms in total. The highest BCUT2D eigenvalue weighted by Gasteiger charge is 2.13. The molecule has 0 saturated carbocycles. The summed E-state index contributed by atoms with van der Waals surface area (Å²) in [4.78, 5) is 36.2. The normalized spacial score (nSPS) is 10.3. The third kappa shape index (κ3) is 6.80. The third-order valence-electron chi connectivity index (χ3n) is 4.02. The minimum atomic E-state index is -0.499. The van der Waals surface area contributed by atoms with E-state index in [2.05, 4.69) is 16.2 Å². The van der Waals surface area contributed by atoms with Gasteiger partial charge in [-0.2, -0.15) is 0 Å². The summed E-state index contributed by atoms with van der Waals surface area (Å²) < 4.78 is 10.9. The Morgan fingerprint density at radius 3 is 2.33 bits per heavy atom. The van der Waals surface area contributed by atoms with Crippen molar-refractivity contribution in [2.75, 3.05) is 13.7 Å². The van der Waals surface area contributed by atoms with Crippen LogP contribution >= 0.6 is 0 Å². The fourth-order valence-electron chi connectivity index (χ4n) is 2.60. The average Bonchev–Trinajstić information content (AvgIpc) is 2.71. The van der Waals surface area contributed by atoms with Crippen LogP contribution in [-0.4, -0.2) is 37.5 Å². The van der Waals surface area contributed by atoms with Crippen molar-refractivity contribution >= 4 is 17.7 Å². The lowest BCUT2D eigenvalue weighted by Gasteiger charge is -2.14. The molecule has 0 unspecified atom stereocenters. The number of benzene rings is 2. The number of rotatable bonds is 8. The second-order valence-corrected chi connectivity index (χ2v) is 6.91. The summed E-state index contributed by atoms with van der Waals surface area (Å²) >= 11 is 0. The maximum absolute atomic E-state index is 12.3. The van der Waals surface area contributed by atoms with Gasteiger partial charge in [-0.25, -0.2) is 0 Å². The Balaban J connectivity index is 1.80. The monoisotopic (exact) mass is 413 g/mol. The van der Waals surface area contributed by atoms with Crippen LogP contribution in [-0.2, 0) is 4.79 Å². The number of carbonyl (C=O) groups is 3. The standard InChI is InChI=1S/C22H27N3O5/c1-14(2)30-18-9-8-17(13-19(18)29-4)22(28)25-24-20(26)10-11-23-21(27)16-7-5-6-15(3)12-16/h5-9,12-14H,10-11H2,1-4H3,(H,23,27)(H,24,26)(H,25,28). The molecular weight excluding hydrogens is 386 g/mol. The highest BCUT2D eigenvalue weighted by Crippen LogP contribution is 2.28. The molecule has 3 N–H and O–H groups in total. The van der Waals surface area contributed by atoms with Crippen molar-refractivity contribution in [1.29, 1.82) is 0 Å². The number of methoxy groups -OCH3 is 1. The maximum Gasteiger partial charge on any atom is 0.269 e. The fourth-order valence-corrected chi connectivity index (χ4v) is 2.60. The van der Waals surface area contributed by atoms with Gasteiger partial charge in [-0.1, -0.05) is 17.7 Å². The molecule has 3 amide bonds. The molecule has 0 aromatic heterocycles. The largest absolute Gasteiger partial charge is 0.493 e. The number of hydrogen-bond acceptors (Lipinski definition) is 5. The van der Waals surface area contributed by atoms with Crippen LogP contribution in [0.4, 0.5) is 0 Å². The van der Waals surface area contributed by atoms with Crippen LogP contribution in [0.1, 0.15) is 46.5 Å². The summed E-state index contributed by atoms with van der Waals surface area (Å²) in [7, 11) is 1.48. The lowest BCUT2D eigenvalue weighted by atomic mass is 10.1. The Kier molecular flexibility index (Phi) is 8.22. The van der Waals surface area contributed by atoms with Crippen LogP contribution in [0.3, 0.4) is 0 Å². The second-order valence-electron chi connectivity index (χ2n) is 6.91. The van der Waals surface area contributed by atoms with Crippen LogP contribution < -0.4 is 25.6 Å². The molecule has 0 saturated heterocycles. The van der Waals surface area contributed by atoms with Crippen molar-refractivity contribution < 1.29 is 23.9 Å². The number of nitrogens with one attached hydrogen (secondary N) is 3. The second kappa shape index (κ2) is 10.8. The molecule has 0 aliphatic carbocycles. The van der Waals surface area contributed by atoms with Gasteiger partial charge in [-0.15, -0.1) is 0 Å². The lowest BCUT2D eigenvalue weighted by molar-refractivity contribution is -0.121. The number of aryl methyl sites for hydroxylation is 1. The fraction of sp³-hybridized carbons (Fsp3) is 0.318. The number of hydrazine groups is 1. The topological polar surface area (TPSA) is 106 Å². The minimum absolute atomic E-state index is 0.0162. The van der Waals surface area contributed by atoms with Gasteiger partial charge in [0.05, 0.1) is 13.2 Å². The van der Waals surface area contributed by atoms with Crippen molar-refractivity contribution in [1.82, 2.24) is 16.2 Å². The molecule has 2 aromatic carbocycles. The molecule has 0 atom stereocenters. The Morgan fingerprint density at radius 1 is 0.933 bits per heavy atom. The van der Waals surface area contributed by atoms with Crippen molar-refractivity contribution in [3.05, 3.63) is 59.2 Å². The first-order valence-corrected chi connectivity index (χ1v) is 9.59. The van der Waals surface area contributed by atoms with Gasteiger partial charge in [-0.05, 0) is 51.1 Å². The van der Waals surface area contributed by atoms with Gasteiger partial charge in [0.25, 0.3) is 11.8 Å². The molecule has 160 valence electrons. The van der Waals surface area contributed by atoms with E-state index in [4.69, 9.17) is 9.47 Å². The number of ether oxygens (including phenoxy) is 2. The van der Waals surface area contributed by atoms with Gasteiger partial charge < -0.3 is 14.8 Å². The van der Waals surface area contributed by atoms with Gasteiger partial charge in [-0.3, -0.25) is 25.2 Å². The molecule has 8 heteroatoms. The van der Waals surface area contributed by atoms with Gasteiger partial charge in [0.1, 0.15) is 0 Å². The summed E-state index contributed by atoms with van der Waals surface area (Å²) in [6.45, 7) is 5.81. The van der Waals surface area contributed by atoms with Gasteiger partial charge in [0.15, 0.2) is 11.5 Å². The zero-order valence-electron chi connectivity index (χ0n) is 17.6. The summed E-state index contributed by atoms with van der Waals surface area (Å²) in [5, 5.41) is 2.67. The SMILES string of the molecule is COc1cc(C(=O)NNC(=O)CCNC(=O)c2cccc(C)c2)ccc1OC(C)C. The summed E-state index contributed by atoms with van der Waals surface area (Å²) in [5.41, 5.74) is 6.47. The van der Waals surface area contributed by atoms with E-state index in [-0.39, 0.29) is 25.0 Å². The molecule has 30 heavy (non-hydrogen) atoms. The van der Waals surface area contributed by atoms with Crippen LogP contribution in [0, 0.1) is 6.92 Å². The summed E-state index contributed by atoms with van der Waals surface area (Å²) in [6.07, 6.45) is -0.0215. The molecule has 2 rings (SSSR count). The predicted octanol–water partition coefficient (Wildman–Crippen LogP) is 2.37. The first-order chi connectivity index (χ1) is 14.3. The van der Waals surface area contributed by atoms with Gasteiger partial charge >= 0.3 is 0 Å². The summed E-state index contributed by atoms with van der Waals surface area (Å²) in [5.74, 6) is -0.244. The highest BCUT2D eigenvalue weighted by atomic mass is 16.5. The summed E-state index contributed by atoms with van der Waals surface area (Å²) in [6, 6.07) is 11.9. The lowest BCUT2D eigenvalue weighted by Crippen LogP contribution is -2.42. The zero-order chi connectivity index (χ0) is 22.1. The first-order valence-electron chi connectivity index (χ1n) is 9.59. The predicted molar refractivity (Wildman–Crippen MR) is 112 cm³/mol. The molecular formula is C22H27N3O5.